The molecule has 6 atom stereocenters. The maximum atomic E-state index is 10.1. The fourth-order valence-corrected chi connectivity index (χ4v) is 4.26. The van der Waals surface area contributed by atoms with Crippen LogP contribution in [0.3, 0.4) is 0 Å². The Bertz CT molecular complexity index is 266. The van der Waals surface area contributed by atoms with Crippen LogP contribution < -0.4 is 0 Å². The van der Waals surface area contributed by atoms with Crippen molar-refractivity contribution < 1.29 is 10.2 Å². The molecule has 0 amide bonds. The highest BCUT2D eigenvalue weighted by molar-refractivity contribution is 4.97. The monoisotopic (exact) mass is 240 g/mol. The summed E-state index contributed by atoms with van der Waals surface area (Å²) in [5.41, 5.74) is 0.449. The van der Waals surface area contributed by atoms with Crippen molar-refractivity contribution in [1.29, 1.82) is 0 Å². The Hall–Kier alpha value is -0.0800. The van der Waals surface area contributed by atoms with Crippen LogP contribution in [0.2, 0.25) is 0 Å². The molecule has 2 saturated carbocycles. The van der Waals surface area contributed by atoms with Gasteiger partial charge < -0.3 is 10.2 Å². The average molecular weight is 240 g/mol. The third-order valence-corrected chi connectivity index (χ3v) is 5.88. The van der Waals surface area contributed by atoms with E-state index in [1.807, 2.05) is 0 Å². The predicted octanol–water partition coefficient (Wildman–Crippen LogP) is 2.83. The van der Waals surface area contributed by atoms with Gasteiger partial charge in [0.15, 0.2) is 0 Å². The summed E-state index contributed by atoms with van der Waals surface area (Å²) in [7, 11) is 0. The zero-order valence-corrected chi connectivity index (χ0v) is 11.5. The Morgan fingerprint density at radius 1 is 1.29 bits per heavy atom. The third kappa shape index (κ3) is 2.39. The molecule has 2 rings (SSSR count). The van der Waals surface area contributed by atoms with Gasteiger partial charge in [0.1, 0.15) is 0 Å². The zero-order valence-electron chi connectivity index (χ0n) is 11.5. The lowest BCUT2D eigenvalue weighted by molar-refractivity contribution is -0.0753. The standard InChI is InChI=1S/C15H28O2/c1-10(9-16)12-4-6-15(3)7-5-14(17)11(2)13(15)8-12/h10-14,16-17H,4-9H2,1-3H3/t10-,11-,12-,13-,14+,15+/m1/s1. The SMILES string of the molecule is C[C@@H]1[C@H]2C[C@H]([C@H](C)CO)CC[C@@]2(C)CC[C@@H]1O. The molecule has 0 aromatic carbocycles. The van der Waals surface area contributed by atoms with Gasteiger partial charge in [-0.05, 0) is 61.2 Å². The Morgan fingerprint density at radius 3 is 2.59 bits per heavy atom. The zero-order chi connectivity index (χ0) is 12.6. The molecule has 0 aliphatic heterocycles. The van der Waals surface area contributed by atoms with E-state index in [0.29, 0.717) is 35.7 Å². The molecule has 2 N–H and O–H groups in total. The van der Waals surface area contributed by atoms with Crippen molar-refractivity contribution in [2.75, 3.05) is 6.61 Å². The smallest absolute Gasteiger partial charge is 0.0568 e. The summed E-state index contributed by atoms with van der Waals surface area (Å²) in [4.78, 5) is 0. The van der Waals surface area contributed by atoms with Crippen molar-refractivity contribution in [3.63, 3.8) is 0 Å². The van der Waals surface area contributed by atoms with Gasteiger partial charge in [-0.15, -0.1) is 0 Å². The number of aliphatic hydroxyl groups is 2. The molecule has 2 aliphatic carbocycles. The fourth-order valence-electron chi connectivity index (χ4n) is 4.26. The van der Waals surface area contributed by atoms with Crippen LogP contribution in [0.4, 0.5) is 0 Å². The molecule has 0 heterocycles. The first-order chi connectivity index (χ1) is 7.98. The maximum absolute atomic E-state index is 10.1. The van der Waals surface area contributed by atoms with Crippen molar-refractivity contribution in [2.24, 2.45) is 29.1 Å². The summed E-state index contributed by atoms with van der Waals surface area (Å²) in [6.07, 6.45) is 5.81. The normalized spacial score (nSPS) is 48.5. The second-order valence-electron chi connectivity index (χ2n) is 6.92. The number of rotatable bonds is 2. The minimum Gasteiger partial charge on any atom is -0.396 e. The molecule has 0 bridgehead atoms. The molecule has 17 heavy (non-hydrogen) atoms. The van der Waals surface area contributed by atoms with E-state index in [4.69, 9.17) is 0 Å². The number of hydrogen-bond acceptors (Lipinski definition) is 2. The molecule has 0 saturated heterocycles. The maximum Gasteiger partial charge on any atom is 0.0568 e. The minimum absolute atomic E-state index is 0.101. The molecule has 2 aliphatic rings. The van der Waals surface area contributed by atoms with E-state index in [1.165, 1.54) is 25.7 Å². The lowest BCUT2D eigenvalue weighted by Gasteiger charge is -2.53. The van der Waals surface area contributed by atoms with Crippen molar-refractivity contribution in [2.45, 2.75) is 59.0 Å². The van der Waals surface area contributed by atoms with E-state index in [0.717, 1.165) is 6.42 Å². The number of hydrogen-bond donors (Lipinski definition) is 2. The van der Waals surface area contributed by atoms with Gasteiger partial charge in [-0.25, -0.2) is 0 Å². The van der Waals surface area contributed by atoms with Crippen LogP contribution in [0.15, 0.2) is 0 Å². The van der Waals surface area contributed by atoms with E-state index in [2.05, 4.69) is 20.8 Å². The number of fused-ring (bicyclic) bond motifs is 1. The van der Waals surface area contributed by atoms with E-state index in [-0.39, 0.29) is 6.10 Å². The molecular formula is C15H28O2. The van der Waals surface area contributed by atoms with Gasteiger partial charge in [0.25, 0.3) is 0 Å². The first-order valence-electron chi connectivity index (χ1n) is 7.27. The van der Waals surface area contributed by atoms with Gasteiger partial charge in [0, 0.05) is 6.61 Å². The van der Waals surface area contributed by atoms with Crippen molar-refractivity contribution in [1.82, 2.24) is 0 Å². The highest BCUT2D eigenvalue weighted by Crippen LogP contribution is 2.54. The van der Waals surface area contributed by atoms with E-state index in [1.54, 1.807) is 0 Å². The first kappa shape index (κ1) is 13.4. The number of aliphatic hydroxyl groups excluding tert-OH is 2. The molecular weight excluding hydrogens is 212 g/mol. The van der Waals surface area contributed by atoms with Crippen molar-refractivity contribution >= 4 is 0 Å². The quantitative estimate of drug-likeness (QED) is 0.779. The molecule has 100 valence electrons. The van der Waals surface area contributed by atoms with E-state index >= 15 is 0 Å². The van der Waals surface area contributed by atoms with Crippen LogP contribution in [0.5, 0.6) is 0 Å². The summed E-state index contributed by atoms with van der Waals surface area (Å²) >= 11 is 0. The molecule has 0 aromatic rings. The largest absolute Gasteiger partial charge is 0.396 e. The molecule has 0 unspecified atom stereocenters. The highest BCUT2D eigenvalue weighted by atomic mass is 16.3. The third-order valence-electron chi connectivity index (χ3n) is 5.88. The van der Waals surface area contributed by atoms with E-state index in [9.17, 15) is 10.2 Å². The van der Waals surface area contributed by atoms with Crippen LogP contribution in [0.1, 0.15) is 52.9 Å². The summed E-state index contributed by atoms with van der Waals surface area (Å²) in [6, 6.07) is 0. The summed E-state index contributed by atoms with van der Waals surface area (Å²) in [5.74, 6) is 2.16. The summed E-state index contributed by atoms with van der Waals surface area (Å²) < 4.78 is 0. The van der Waals surface area contributed by atoms with Crippen LogP contribution in [0, 0.1) is 29.1 Å². The molecule has 0 aromatic heterocycles. The second kappa shape index (κ2) is 4.89. The topological polar surface area (TPSA) is 40.5 Å². The fraction of sp³-hybridized carbons (Fsp3) is 1.00. The summed E-state index contributed by atoms with van der Waals surface area (Å²) in [6.45, 7) is 7.11. The van der Waals surface area contributed by atoms with Crippen LogP contribution >= 0.6 is 0 Å². The Labute approximate surface area is 105 Å². The minimum atomic E-state index is -0.101. The molecule has 0 spiro atoms. The van der Waals surface area contributed by atoms with Gasteiger partial charge in [-0.3, -0.25) is 0 Å². The van der Waals surface area contributed by atoms with Crippen molar-refractivity contribution in [3.05, 3.63) is 0 Å². The van der Waals surface area contributed by atoms with Crippen LogP contribution in [0.25, 0.3) is 0 Å². The molecule has 2 fully saturated rings. The van der Waals surface area contributed by atoms with Gasteiger partial charge >= 0.3 is 0 Å². The second-order valence-corrected chi connectivity index (χ2v) is 6.92. The lowest BCUT2D eigenvalue weighted by Crippen LogP contribution is -2.47. The molecule has 2 heteroatoms. The Kier molecular flexibility index (Phi) is 3.84. The highest BCUT2D eigenvalue weighted by Gasteiger charge is 2.47. The average Bonchev–Trinajstić information content (AvgIpc) is 2.33. The Balaban J connectivity index is 2.10. The van der Waals surface area contributed by atoms with Crippen LogP contribution in [-0.4, -0.2) is 22.9 Å². The van der Waals surface area contributed by atoms with E-state index < -0.39 is 0 Å². The van der Waals surface area contributed by atoms with Crippen LogP contribution in [-0.2, 0) is 0 Å². The Morgan fingerprint density at radius 2 is 1.94 bits per heavy atom. The lowest BCUT2D eigenvalue weighted by atomic mass is 9.53. The van der Waals surface area contributed by atoms with Crippen molar-refractivity contribution in [3.8, 4) is 0 Å². The molecule has 2 nitrogen and oxygen atoms in total. The van der Waals surface area contributed by atoms with Gasteiger partial charge in [0.05, 0.1) is 6.10 Å². The van der Waals surface area contributed by atoms with Gasteiger partial charge in [-0.2, -0.15) is 0 Å². The summed E-state index contributed by atoms with van der Waals surface area (Å²) in [5, 5.41) is 19.4. The van der Waals surface area contributed by atoms with Gasteiger partial charge in [0.2, 0.25) is 0 Å². The molecule has 0 radical (unpaired) electrons. The van der Waals surface area contributed by atoms with Gasteiger partial charge in [-0.1, -0.05) is 20.8 Å². The first-order valence-corrected chi connectivity index (χ1v) is 7.27. The predicted molar refractivity (Wildman–Crippen MR) is 69.6 cm³/mol.